The van der Waals surface area contributed by atoms with Crippen LogP contribution in [0.5, 0.6) is 5.75 Å². The lowest BCUT2D eigenvalue weighted by atomic mass is 10.0. The van der Waals surface area contributed by atoms with E-state index in [1.807, 2.05) is 36.0 Å². The number of aromatic amines is 1. The number of carbonyl (C=O) groups excluding carboxylic acids is 2. The maximum absolute atomic E-state index is 13.4. The minimum Gasteiger partial charge on any atom is -0.503 e. The molecule has 1 saturated heterocycles. The molecule has 21 heteroatoms. The summed E-state index contributed by atoms with van der Waals surface area (Å²) in [5.74, 6) is -1.88. The van der Waals surface area contributed by atoms with Gasteiger partial charge < -0.3 is 35.5 Å². The molecule has 2 aliphatic rings. The van der Waals surface area contributed by atoms with Gasteiger partial charge in [0.15, 0.2) is 29.0 Å². The summed E-state index contributed by atoms with van der Waals surface area (Å²) in [6.45, 7) is 2.87. The number of carboxylic acids is 1. The third-order valence-corrected chi connectivity index (χ3v) is 11.1. The first-order chi connectivity index (χ1) is 24.1. The molecule has 2 aliphatic heterocycles. The average molecular weight is 759 g/mol. The summed E-state index contributed by atoms with van der Waals surface area (Å²) >= 11 is 5.07. The lowest BCUT2D eigenvalue weighted by molar-refractivity contribution is -0.693. The summed E-state index contributed by atoms with van der Waals surface area (Å²) in [5.41, 5.74) is 5.88. The third-order valence-electron chi connectivity index (χ3n) is 7.24. The van der Waals surface area contributed by atoms with Gasteiger partial charge in [-0.3, -0.25) is 19.3 Å². The van der Waals surface area contributed by atoms with E-state index >= 15 is 0 Å². The number of nitrogens with zero attached hydrogens (tertiary/aromatic N) is 6. The van der Waals surface area contributed by atoms with Crippen molar-refractivity contribution in [1.29, 1.82) is 0 Å². The van der Waals surface area contributed by atoms with Crippen LogP contribution < -0.4 is 21.0 Å². The minimum atomic E-state index is -1.21. The fraction of sp³-hybridized carbons (Fsp3) is 0.276. The number of hydrogen-bond donors (Lipinski definition) is 5. The van der Waals surface area contributed by atoms with Crippen LogP contribution in [0.15, 0.2) is 77.9 Å². The van der Waals surface area contributed by atoms with Crippen LogP contribution in [0.4, 0.5) is 5.13 Å². The summed E-state index contributed by atoms with van der Waals surface area (Å²) in [7, 11) is 0. The number of pyridine rings is 2. The third kappa shape index (κ3) is 7.64. The number of anilines is 1. The first kappa shape index (κ1) is 35.0. The normalized spacial score (nSPS) is 17.3. The van der Waals surface area contributed by atoms with Gasteiger partial charge in [0.25, 0.3) is 22.9 Å². The summed E-state index contributed by atoms with van der Waals surface area (Å²) < 4.78 is 7.54. The smallest absolute Gasteiger partial charge is 0.352 e. The van der Waals surface area contributed by atoms with Crippen LogP contribution in [0.1, 0.15) is 12.6 Å². The van der Waals surface area contributed by atoms with Gasteiger partial charge in [-0.2, -0.15) is 0 Å². The number of aromatic hydroxyl groups is 1. The highest BCUT2D eigenvalue weighted by molar-refractivity contribution is 8.01. The van der Waals surface area contributed by atoms with Gasteiger partial charge in [0.05, 0.1) is 0 Å². The number of rotatable bonds is 14. The lowest BCUT2D eigenvalue weighted by Gasteiger charge is -2.49. The first-order valence-corrected chi connectivity index (χ1v) is 18.6. The SMILES string of the molecule is CC[n+]1ccc(SCC2=C(C(=O)O)N3C(=O)[C@@H](NC(=O)/C(=N\OCCSc4nnc(-c5cc(=O)c(O)c[nH]5)o4)c4csc(N)n4)[C@H]3SC2)cc1. The minimum absolute atomic E-state index is 0.00141. The van der Waals surface area contributed by atoms with Crippen molar-refractivity contribution in [1.82, 2.24) is 30.4 Å². The highest BCUT2D eigenvalue weighted by Crippen LogP contribution is 2.41. The second-order valence-corrected chi connectivity index (χ2v) is 14.5. The Balaban J connectivity index is 1.07. The van der Waals surface area contributed by atoms with Crippen molar-refractivity contribution in [3.05, 3.63) is 69.4 Å². The Morgan fingerprint density at radius 3 is 2.78 bits per heavy atom. The Morgan fingerprint density at radius 2 is 2.08 bits per heavy atom. The average Bonchev–Trinajstić information content (AvgIpc) is 3.77. The number of aliphatic carboxylic acids is 1. The number of nitrogen functional groups attached to an aromatic ring is 1. The molecule has 4 aromatic heterocycles. The molecule has 2 amide bonds. The Morgan fingerprint density at radius 1 is 1.28 bits per heavy atom. The summed E-state index contributed by atoms with van der Waals surface area (Å²) in [6, 6.07) is 4.04. The monoisotopic (exact) mass is 758 g/mol. The number of thioether (sulfide) groups is 3. The molecule has 0 aromatic carbocycles. The van der Waals surface area contributed by atoms with Crippen molar-refractivity contribution in [2.45, 2.75) is 35.0 Å². The zero-order chi connectivity index (χ0) is 35.4. The number of hydrogen-bond acceptors (Lipinski definition) is 16. The van der Waals surface area contributed by atoms with Crippen molar-refractivity contribution < 1.29 is 38.4 Å². The lowest BCUT2D eigenvalue weighted by Crippen LogP contribution is -2.71. The molecule has 6 heterocycles. The zero-order valence-corrected chi connectivity index (χ0v) is 29.2. The van der Waals surface area contributed by atoms with E-state index < -0.39 is 40.4 Å². The molecule has 2 atom stereocenters. The van der Waals surface area contributed by atoms with Gasteiger partial charge in [0.1, 0.15) is 41.7 Å². The number of thiazole rings is 1. The maximum atomic E-state index is 13.4. The quantitative estimate of drug-likeness (QED) is 0.0306. The molecule has 4 aromatic rings. The topological polar surface area (TPSA) is 243 Å². The summed E-state index contributed by atoms with van der Waals surface area (Å²) in [5, 5.41) is 35.1. The second-order valence-electron chi connectivity index (χ2n) is 10.4. The van der Waals surface area contributed by atoms with Gasteiger partial charge >= 0.3 is 5.97 Å². The molecular formula is C29H28N9O8S4+. The standard InChI is InChI=1S/C29H27N9O8S4/c1-2-37-5-3-15(4-6-37)48-11-14-12-49-26-21(25(42)38(26)22(14)27(43)44)33-23(41)20(17-13-50-28(30)32-17)36-45-7-8-47-29-35-34-24(46-29)16-9-18(39)19(40)10-31-16/h3-6,9-10,13,21,26H,2,7-8,11-12H2,1H3,(H5-,30,31,32,33,34,36,39,40,41,43,44)/p+1/t21-,26-/m1/s1. The highest BCUT2D eigenvalue weighted by atomic mass is 32.2. The second kappa shape index (κ2) is 15.4. The fourth-order valence-electron chi connectivity index (χ4n) is 4.77. The molecule has 50 heavy (non-hydrogen) atoms. The van der Waals surface area contributed by atoms with Gasteiger partial charge in [0.2, 0.25) is 5.43 Å². The van der Waals surface area contributed by atoms with E-state index in [0.717, 1.165) is 46.8 Å². The number of carboxylic acid groups (broad SMARTS) is 1. The molecule has 1 fully saturated rings. The van der Waals surface area contributed by atoms with Gasteiger partial charge in [-0.05, 0) is 12.5 Å². The molecule has 6 N–H and O–H groups in total. The fourth-order valence-corrected chi connectivity index (χ4v) is 8.25. The van der Waals surface area contributed by atoms with E-state index in [9.17, 15) is 29.4 Å². The maximum Gasteiger partial charge on any atom is 0.352 e. The molecule has 17 nitrogen and oxygen atoms in total. The van der Waals surface area contributed by atoms with Crippen LogP contribution in [-0.4, -0.2) is 94.1 Å². The molecule has 0 unspecified atom stereocenters. The van der Waals surface area contributed by atoms with Crippen molar-refractivity contribution in [2.75, 3.05) is 29.6 Å². The number of aryl methyl sites for hydroxylation is 1. The van der Waals surface area contributed by atoms with Crippen LogP contribution in [0.25, 0.3) is 11.6 Å². The summed E-state index contributed by atoms with van der Waals surface area (Å²) in [6.07, 6.45) is 5.02. The van der Waals surface area contributed by atoms with Crippen LogP contribution in [0.3, 0.4) is 0 Å². The number of nitrogens with two attached hydrogens (primary N) is 1. The molecular weight excluding hydrogens is 731 g/mol. The molecule has 6 rings (SSSR count). The number of fused-ring (bicyclic) bond motifs is 1. The van der Waals surface area contributed by atoms with Crippen LogP contribution in [0.2, 0.25) is 0 Å². The number of H-pyrrole nitrogens is 1. The molecule has 0 saturated carbocycles. The van der Waals surface area contributed by atoms with Crippen LogP contribution in [0, 0.1) is 0 Å². The molecule has 0 bridgehead atoms. The van der Waals surface area contributed by atoms with Gasteiger partial charge in [-0.25, -0.2) is 14.3 Å². The summed E-state index contributed by atoms with van der Waals surface area (Å²) in [4.78, 5) is 65.1. The van der Waals surface area contributed by atoms with Crippen LogP contribution >= 0.6 is 46.6 Å². The zero-order valence-electron chi connectivity index (χ0n) is 26.0. The van der Waals surface area contributed by atoms with E-state index in [-0.39, 0.29) is 51.4 Å². The van der Waals surface area contributed by atoms with Crippen molar-refractivity contribution in [2.24, 2.45) is 5.16 Å². The number of nitrogens with one attached hydrogen (secondary N) is 2. The van der Waals surface area contributed by atoms with E-state index in [1.54, 1.807) is 0 Å². The Bertz CT molecular complexity index is 2050. The van der Waals surface area contributed by atoms with Gasteiger partial charge in [-0.1, -0.05) is 16.9 Å². The van der Waals surface area contributed by atoms with Crippen molar-refractivity contribution in [3.63, 3.8) is 0 Å². The molecule has 260 valence electrons. The van der Waals surface area contributed by atoms with Gasteiger partial charge in [0, 0.05) is 51.9 Å². The predicted octanol–water partition coefficient (Wildman–Crippen LogP) is 1.52. The Labute approximate surface area is 299 Å². The predicted molar refractivity (Wildman–Crippen MR) is 184 cm³/mol. The number of amides is 2. The number of aromatic nitrogens is 5. The molecule has 0 radical (unpaired) electrons. The van der Waals surface area contributed by atoms with Crippen molar-refractivity contribution >= 4 is 75.2 Å². The largest absolute Gasteiger partial charge is 0.503 e. The number of carbonyl (C=O) groups is 3. The highest BCUT2D eigenvalue weighted by Gasteiger charge is 2.54. The van der Waals surface area contributed by atoms with E-state index in [2.05, 4.69) is 30.6 Å². The number of β-lactam (4-membered cyclic amide) rings is 1. The Hall–Kier alpha value is -4.86. The van der Waals surface area contributed by atoms with Crippen molar-refractivity contribution in [3.8, 4) is 17.3 Å². The van der Waals surface area contributed by atoms with Crippen LogP contribution in [-0.2, 0) is 25.8 Å². The van der Waals surface area contributed by atoms with E-state index in [0.29, 0.717) is 17.1 Å². The first-order valence-electron chi connectivity index (χ1n) is 14.8. The number of oxime groups is 1. The van der Waals surface area contributed by atoms with Gasteiger partial charge in [-0.15, -0.1) is 45.1 Å². The van der Waals surface area contributed by atoms with E-state index in [4.69, 9.17) is 15.0 Å². The molecule has 0 spiro atoms. The molecule has 0 aliphatic carbocycles. The Kier molecular flexibility index (Phi) is 10.7. The van der Waals surface area contributed by atoms with E-state index in [1.165, 1.54) is 33.8 Å².